The molecule has 1 atom stereocenters. The van der Waals surface area contributed by atoms with Crippen LogP contribution < -0.4 is 10.1 Å². The fourth-order valence-corrected chi connectivity index (χ4v) is 3.87. The van der Waals surface area contributed by atoms with E-state index >= 15 is 0 Å². The van der Waals surface area contributed by atoms with Gasteiger partial charge in [-0.05, 0) is 37.3 Å². The molecule has 1 aromatic heterocycles. The normalized spacial score (nSPS) is 12.1. The van der Waals surface area contributed by atoms with Gasteiger partial charge in [0.1, 0.15) is 11.9 Å². The summed E-state index contributed by atoms with van der Waals surface area (Å²) in [6, 6.07) is 10.7. The van der Waals surface area contributed by atoms with Gasteiger partial charge in [0.25, 0.3) is 0 Å². The second kappa shape index (κ2) is 6.84. The number of halogens is 2. The van der Waals surface area contributed by atoms with Crippen LogP contribution in [0.4, 0.5) is 9.93 Å². The van der Waals surface area contributed by atoms with E-state index in [9.17, 15) is 4.79 Å². The minimum absolute atomic E-state index is 0.317. The molecule has 0 bridgehead atoms. The summed E-state index contributed by atoms with van der Waals surface area (Å²) in [5.41, 5.74) is 1.41. The van der Waals surface area contributed by atoms with Gasteiger partial charge in [-0.2, -0.15) is 0 Å². The average Bonchev–Trinajstić information content (AvgIpc) is 2.87. The van der Waals surface area contributed by atoms with E-state index in [1.807, 2.05) is 6.92 Å². The van der Waals surface area contributed by atoms with Gasteiger partial charge in [0, 0.05) is 15.6 Å². The Labute approximate surface area is 151 Å². The number of amides is 1. The molecule has 2 N–H and O–H groups in total. The number of nitrogens with one attached hydrogen (secondary N) is 1. The summed E-state index contributed by atoms with van der Waals surface area (Å²) in [5, 5.41) is 12.4. The molecule has 0 aliphatic carbocycles. The molecule has 1 amide bonds. The highest BCUT2D eigenvalue weighted by atomic mass is 35.5. The number of benzene rings is 2. The number of nitrogens with zero attached hydrogens (tertiary/aromatic N) is 1. The number of ether oxygens (including phenoxy) is 1. The lowest BCUT2D eigenvalue weighted by molar-refractivity contribution is 0.209. The van der Waals surface area contributed by atoms with E-state index in [0.717, 1.165) is 10.3 Å². The molecule has 8 heteroatoms. The molecule has 3 aromatic rings. The van der Waals surface area contributed by atoms with Crippen molar-refractivity contribution >= 4 is 56.0 Å². The summed E-state index contributed by atoms with van der Waals surface area (Å²) in [6.45, 7) is 1.86. The summed E-state index contributed by atoms with van der Waals surface area (Å²) in [5.74, 6) is 0.622. The van der Waals surface area contributed by atoms with E-state index in [2.05, 4.69) is 10.3 Å². The molecule has 1 heterocycles. The minimum Gasteiger partial charge on any atom is -0.486 e. The first-order valence-corrected chi connectivity index (χ1v) is 8.52. The van der Waals surface area contributed by atoms with Crippen molar-refractivity contribution in [2.75, 3.05) is 5.32 Å². The summed E-state index contributed by atoms with van der Waals surface area (Å²) in [6.07, 6.45) is -1.49. The summed E-state index contributed by atoms with van der Waals surface area (Å²) in [4.78, 5) is 14.9. The third-order valence-electron chi connectivity index (χ3n) is 3.29. The van der Waals surface area contributed by atoms with Crippen molar-refractivity contribution in [2.24, 2.45) is 0 Å². The first-order valence-electron chi connectivity index (χ1n) is 6.95. The summed E-state index contributed by atoms with van der Waals surface area (Å²) in [7, 11) is 0. The highest BCUT2D eigenvalue weighted by molar-refractivity contribution is 7.22. The van der Waals surface area contributed by atoms with Crippen LogP contribution >= 0.6 is 34.5 Å². The molecule has 0 spiro atoms. The molecule has 0 aliphatic rings. The average molecular weight is 383 g/mol. The van der Waals surface area contributed by atoms with Crippen molar-refractivity contribution in [1.29, 1.82) is 0 Å². The van der Waals surface area contributed by atoms with Crippen LogP contribution in [0.2, 0.25) is 10.0 Å². The van der Waals surface area contributed by atoms with Crippen LogP contribution in [0, 0.1) is 0 Å². The van der Waals surface area contributed by atoms with Crippen molar-refractivity contribution in [3.05, 3.63) is 52.0 Å². The van der Waals surface area contributed by atoms with Crippen molar-refractivity contribution in [1.82, 2.24) is 4.98 Å². The van der Waals surface area contributed by atoms with Crippen molar-refractivity contribution in [3.63, 3.8) is 0 Å². The van der Waals surface area contributed by atoms with Crippen LogP contribution in [0.3, 0.4) is 0 Å². The Morgan fingerprint density at radius 3 is 2.67 bits per heavy atom. The number of aromatic nitrogens is 1. The Morgan fingerprint density at radius 2 is 2.00 bits per heavy atom. The zero-order chi connectivity index (χ0) is 17.3. The SMILES string of the molecule is CC(Oc1ccc2nc(NC(=O)O)sc2c1)c1c(Cl)cccc1Cl. The standard InChI is InChI=1S/C16H12Cl2N2O3S/c1-8(14-10(17)3-2-4-11(14)18)23-9-5-6-12-13(7-9)24-15(19-12)20-16(21)22/h2-8H,1H3,(H,19,20)(H,21,22). The second-order valence-corrected chi connectivity index (χ2v) is 6.82. The van der Waals surface area contributed by atoms with Crippen molar-refractivity contribution in [2.45, 2.75) is 13.0 Å². The predicted octanol–water partition coefficient (Wildman–Crippen LogP) is 5.83. The number of carboxylic acid groups (broad SMARTS) is 1. The monoisotopic (exact) mass is 382 g/mol. The van der Waals surface area contributed by atoms with E-state index < -0.39 is 6.09 Å². The van der Waals surface area contributed by atoms with Gasteiger partial charge < -0.3 is 9.84 Å². The fraction of sp³-hybridized carbons (Fsp3) is 0.125. The van der Waals surface area contributed by atoms with Gasteiger partial charge in [0.15, 0.2) is 5.13 Å². The van der Waals surface area contributed by atoms with Crippen molar-refractivity contribution in [3.8, 4) is 5.75 Å². The number of hydrogen-bond acceptors (Lipinski definition) is 4. The smallest absolute Gasteiger partial charge is 0.410 e. The number of rotatable bonds is 4. The van der Waals surface area contributed by atoms with Crippen LogP contribution in [0.25, 0.3) is 10.2 Å². The Kier molecular flexibility index (Phi) is 4.80. The van der Waals surface area contributed by atoms with Gasteiger partial charge in [0.2, 0.25) is 0 Å². The van der Waals surface area contributed by atoms with Gasteiger partial charge in [-0.25, -0.2) is 9.78 Å². The number of hydrogen-bond donors (Lipinski definition) is 2. The van der Waals surface area contributed by atoms with E-state index in [0.29, 0.717) is 26.4 Å². The van der Waals surface area contributed by atoms with Gasteiger partial charge >= 0.3 is 6.09 Å². The lowest BCUT2D eigenvalue weighted by Gasteiger charge is -2.17. The highest BCUT2D eigenvalue weighted by Crippen LogP contribution is 2.35. The molecule has 3 rings (SSSR count). The molecule has 0 aliphatic heterocycles. The molecular weight excluding hydrogens is 371 g/mol. The van der Waals surface area contributed by atoms with Gasteiger partial charge in [-0.3, -0.25) is 5.32 Å². The van der Waals surface area contributed by atoms with Crippen LogP contribution in [0.15, 0.2) is 36.4 Å². The first-order chi connectivity index (χ1) is 11.4. The number of thiazole rings is 1. The van der Waals surface area contributed by atoms with E-state index in [4.69, 9.17) is 33.0 Å². The van der Waals surface area contributed by atoms with Crippen LogP contribution in [-0.4, -0.2) is 16.2 Å². The number of fused-ring (bicyclic) bond motifs is 1. The van der Waals surface area contributed by atoms with Gasteiger partial charge in [-0.15, -0.1) is 0 Å². The molecule has 24 heavy (non-hydrogen) atoms. The quantitative estimate of drug-likeness (QED) is 0.594. The van der Waals surface area contributed by atoms with Gasteiger partial charge in [0.05, 0.1) is 10.2 Å². The minimum atomic E-state index is -1.15. The lowest BCUT2D eigenvalue weighted by Crippen LogP contribution is -2.06. The Morgan fingerprint density at radius 1 is 1.29 bits per heavy atom. The molecule has 124 valence electrons. The zero-order valence-electron chi connectivity index (χ0n) is 12.4. The molecule has 0 radical (unpaired) electrons. The molecular formula is C16H12Cl2N2O3S. The topological polar surface area (TPSA) is 71.5 Å². The Bertz CT molecular complexity index is 893. The lowest BCUT2D eigenvalue weighted by atomic mass is 10.1. The maximum Gasteiger partial charge on any atom is 0.410 e. The second-order valence-electron chi connectivity index (χ2n) is 4.97. The third kappa shape index (κ3) is 3.56. The largest absolute Gasteiger partial charge is 0.486 e. The summed E-state index contributed by atoms with van der Waals surface area (Å²) >= 11 is 13.6. The molecule has 2 aromatic carbocycles. The summed E-state index contributed by atoms with van der Waals surface area (Å²) < 4.78 is 6.75. The molecule has 5 nitrogen and oxygen atoms in total. The molecule has 0 saturated heterocycles. The van der Waals surface area contributed by atoms with E-state index in [1.165, 1.54) is 11.3 Å². The number of anilines is 1. The highest BCUT2D eigenvalue weighted by Gasteiger charge is 2.16. The predicted molar refractivity (Wildman–Crippen MR) is 96.8 cm³/mol. The van der Waals surface area contributed by atoms with E-state index in [1.54, 1.807) is 36.4 Å². The van der Waals surface area contributed by atoms with Crippen LogP contribution in [0.1, 0.15) is 18.6 Å². The maximum atomic E-state index is 10.7. The fourth-order valence-electron chi connectivity index (χ4n) is 2.29. The number of carbonyl (C=O) groups is 1. The van der Waals surface area contributed by atoms with Gasteiger partial charge in [-0.1, -0.05) is 40.6 Å². The van der Waals surface area contributed by atoms with Crippen molar-refractivity contribution < 1.29 is 14.6 Å². The Hall–Kier alpha value is -2.02. The maximum absolute atomic E-state index is 10.7. The van der Waals surface area contributed by atoms with Crippen LogP contribution in [-0.2, 0) is 0 Å². The molecule has 0 saturated carbocycles. The third-order valence-corrected chi connectivity index (χ3v) is 4.89. The Balaban J connectivity index is 1.85. The van der Waals surface area contributed by atoms with Crippen LogP contribution in [0.5, 0.6) is 5.75 Å². The van der Waals surface area contributed by atoms with E-state index in [-0.39, 0.29) is 6.10 Å². The molecule has 0 fully saturated rings. The molecule has 1 unspecified atom stereocenters. The first kappa shape index (κ1) is 16.8. The zero-order valence-corrected chi connectivity index (χ0v) is 14.7.